The minimum absolute atomic E-state index is 0.0123. The van der Waals surface area contributed by atoms with Gasteiger partial charge in [-0.15, -0.1) is 0 Å². The number of nitrogens with one attached hydrogen (secondary N) is 2. The van der Waals surface area contributed by atoms with Gasteiger partial charge < -0.3 is 20.3 Å². The van der Waals surface area contributed by atoms with Crippen LogP contribution in [-0.2, 0) is 14.3 Å². The minimum atomic E-state index is -0.0807. The summed E-state index contributed by atoms with van der Waals surface area (Å²) in [5.41, 5.74) is 1.41. The third-order valence-electron chi connectivity index (χ3n) is 4.82. The van der Waals surface area contributed by atoms with Crippen LogP contribution in [-0.4, -0.2) is 49.6 Å². The minimum Gasteiger partial charge on any atom is -0.381 e. The van der Waals surface area contributed by atoms with Crippen LogP contribution in [0.3, 0.4) is 0 Å². The molecule has 0 aromatic heterocycles. The van der Waals surface area contributed by atoms with Crippen molar-refractivity contribution >= 4 is 23.2 Å². The fourth-order valence-corrected chi connectivity index (χ4v) is 3.33. The van der Waals surface area contributed by atoms with Gasteiger partial charge in [0.25, 0.3) is 0 Å². The van der Waals surface area contributed by atoms with Gasteiger partial charge >= 0.3 is 0 Å². The molecule has 2 fully saturated rings. The van der Waals surface area contributed by atoms with Gasteiger partial charge in [0.15, 0.2) is 0 Å². The highest BCUT2D eigenvalue weighted by atomic mass is 16.5. The monoisotopic (exact) mass is 345 g/mol. The van der Waals surface area contributed by atoms with Crippen LogP contribution < -0.4 is 10.6 Å². The molecule has 6 heteroatoms. The Morgan fingerprint density at radius 3 is 2.60 bits per heavy atom. The molecule has 136 valence electrons. The summed E-state index contributed by atoms with van der Waals surface area (Å²) in [5.74, 6) is -0.0906. The summed E-state index contributed by atoms with van der Waals surface area (Å²) >= 11 is 0. The maximum atomic E-state index is 12.2. The van der Waals surface area contributed by atoms with Crippen LogP contribution in [0.1, 0.15) is 32.1 Å². The third-order valence-corrected chi connectivity index (χ3v) is 4.82. The average molecular weight is 345 g/mol. The second kappa shape index (κ2) is 8.97. The zero-order valence-electron chi connectivity index (χ0n) is 14.6. The summed E-state index contributed by atoms with van der Waals surface area (Å²) in [5, 5.41) is 5.83. The van der Waals surface area contributed by atoms with Gasteiger partial charge in [0.1, 0.15) is 0 Å². The molecular weight excluding hydrogens is 318 g/mol. The normalized spacial score (nSPS) is 21.0. The van der Waals surface area contributed by atoms with E-state index in [0.29, 0.717) is 31.0 Å². The number of rotatable bonds is 6. The Kier molecular flexibility index (Phi) is 6.42. The highest BCUT2D eigenvalue weighted by molar-refractivity contribution is 5.95. The number of carbonyl (C=O) groups excluding carboxylic acids is 2. The standard InChI is InChI=1S/C19H27N3O3/c23-18(7-11-22-9-2-1-3-10-22)20-16-5-4-6-17(13-16)21-19(24)15-8-12-25-14-15/h4-6,13,15H,1-3,7-12,14H2,(H,20,23)(H,21,24)/t15-/m0/s1. The van der Waals surface area contributed by atoms with Crippen molar-refractivity contribution in [2.24, 2.45) is 5.92 Å². The zero-order valence-corrected chi connectivity index (χ0v) is 14.6. The number of carbonyl (C=O) groups is 2. The highest BCUT2D eigenvalue weighted by Crippen LogP contribution is 2.19. The molecule has 2 heterocycles. The molecule has 0 spiro atoms. The van der Waals surface area contributed by atoms with Crippen LogP contribution >= 0.6 is 0 Å². The molecule has 6 nitrogen and oxygen atoms in total. The van der Waals surface area contributed by atoms with E-state index < -0.39 is 0 Å². The number of amides is 2. The molecular formula is C19H27N3O3. The molecule has 1 atom stereocenters. The predicted octanol–water partition coefficient (Wildman–Crippen LogP) is 2.48. The molecule has 2 aliphatic rings. The maximum Gasteiger partial charge on any atom is 0.229 e. The molecule has 2 N–H and O–H groups in total. The van der Waals surface area contributed by atoms with Crippen molar-refractivity contribution in [1.29, 1.82) is 0 Å². The first-order chi connectivity index (χ1) is 12.2. The first kappa shape index (κ1) is 17.9. The lowest BCUT2D eigenvalue weighted by Crippen LogP contribution is -2.32. The first-order valence-corrected chi connectivity index (χ1v) is 9.21. The topological polar surface area (TPSA) is 70.7 Å². The van der Waals surface area contributed by atoms with E-state index in [4.69, 9.17) is 4.74 Å². The van der Waals surface area contributed by atoms with Gasteiger partial charge in [-0.25, -0.2) is 0 Å². The Morgan fingerprint density at radius 1 is 1.12 bits per heavy atom. The van der Waals surface area contributed by atoms with Crippen LogP contribution in [0.15, 0.2) is 24.3 Å². The van der Waals surface area contributed by atoms with E-state index in [9.17, 15) is 9.59 Å². The second-order valence-electron chi connectivity index (χ2n) is 6.83. The van der Waals surface area contributed by atoms with Gasteiger partial charge in [-0.3, -0.25) is 9.59 Å². The molecule has 0 unspecified atom stereocenters. The molecule has 0 radical (unpaired) electrons. The molecule has 0 saturated carbocycles. The SMILES string of the molecule is O=C(CCN1CCCCC1)Nc1cccc(NC(=O)[C@H]2CCOC2)c1. The number of piperidine rings is 1. The fraction of sp³-hybridized carbons (Fsp3) is 0.579. The molecule has 3 rings (SSSR count). The quantitative estimate of drug-likeness (QED) is 0.831. The van der Waals surface area contributed by atoms with Crippen LogP contribution in [0.25, 0.3) is 0 Å². The van der Waals surface area contributed by atoms with Gasteiger partial charge in [0, 0.05) is 30.9 Å². The largest absolute Gasteiger partial charge is 0.381 e. The van der Waals surface area contributed by atoms with Crippen LogP contribution in [0.4, 0.5) is 11.4 Å². The number of likely N-dealkylation sites (tertiary alicyclic amines) is 1. The van der Waals surface area contributed by atoms with Gasteiger partial charge in [0.2, 0.25) is 11.8 Å². The van der Waals surface area contributed by atoms with E-state index in [2.05, 4.69) is 15.5 Å². The van der Waals surface area contributed by atoms with Crippen molar-refractivity contribution in [2.75, 3.05) is 43.5 Å². The number of hydrogen-bond donors (Lipinski definition) is 2. The van der Waals surface area contributed by atoms with E-state index in [0.717, 1.165) is 26.1 Å². The van der Waals surface area contributed by atoms with Crippen LogP contribution in [0, 0.1) is 5.92 Å². The van der Waals surface area contributed by atoms with Crippen molar-refractivity contribution in [1.82, 2.24) is 4.90 Å². The van der Waals surface area contributed by atoms with E-state index in [1.54, 1.807) is 6.07 Å². The molecule has 0 bridgehead atoms. The van der Waals surface area contributed by atoms with Crippen molar-refractivity contribution in [2.45, 2.75) is 32.1 Å². The van der Waals surface area contributed by atoms with Gasteiger partial charge in [-0.2, -0.15) is 0 Å². The summed E-state index contributed by atoms with van der Waals surface area (Å²) in [4.78, 5) is 26.6. The summed E-state index contributed by atoms with van der Waals surface area (Å²) in [6, 6.07) is 7.30. The highest BCUT2D eigenvalue weighted by Gasteiger charge is 2.23. The average Bonchev–Trinajstić information content (AvgIpc) is 3.16. The van der Waals surface area contributed by atoms with E-state index in [1.165, 1.54) is 19.3 Å². The third kappa shape index (κ3) is 5.54. The van der Waals surface area contributed by atoms with E-state index >= 15 is 0 Å². The lowest BCUT2D eigenvalue weighted by molar-refractivity contribution is -0.120. The second-order valence-corrected chi connectivity index (χ2v) is 6.83. The van der Waals surface area contributed by atoms with E-state index in [1.807, 2.05) is 18.2 Å². The van der Waals surface area contributed by atoms with Crippen molar-refractivity contribution in [3.05, 3.63) is 24.3 Å². The van der Waals surface area contributed by atoms with Crippen LogP contribution in [0.5, 0.6) is 0 Å². The Labute approximate surface area is 148 Å². The number of hydrogen-bond acceptors (Lipinski definition) is 4. The molecule has 2 saturated heterocycles. The Morgan fingerprint density at radius 2 is 1.88 bits per heavy atom. The van der Waals surface area contributed by atoms with Gasteiger partial charge in [-0.05, 0) is 50.6 Å². The Hall–Kier alpha value is -1.92. The number of benzene rings is 1. The van der Waals surface area contributed by atoms with Crippen molar-refractivity contribution < 1.29 is 14.3 Å². The smallest absolute Gasteiger partial charge is 0.229 e. The molecule has 0 aliphatic carbocycles. The summed E-state index contributed by atoms with van der Waals surface area (Å²) in [6.45, 7) is 4.13. The number of nitrogens with zero attached hydrogens (tertiary/aromatic N) is 1. The van der Waals surface area contributed by atoms with E-state index in [-0.39, 0.29) is 17.7 Å². The molecule has 1 aromatic rings. The predicted molar refractivity (Wildman–Crippen MR) is 97.5 cm³/mol. The first-order valence-electron chi connectivity index (χ1n) is 9.21. The van der Waals surface area contributed by atoms with Gasteiger partial charge in [-0.1, -0.05) is 12.5 Å². The Bertz CT molecular complexity index is 593. The number of anilines is 2. The molecule has 1 aromatic carbocycles. The van der Waals surface area contributed by atoms with Gasteiger partial charge in [0.05, 0.1) is 12.5 Å². The number of ether oxygens (including phenoxy) is 1. The lowest BCUT2D eigenvalue weighted by Gasteiger charge is -2.25. The summed E-state index contributed by atoms with van der Waals surface area (Å²) in [7, 11) is 0. The molecule has 2 aliphatic heterocycles. The van der Waals surface area contributed by atoms with Crippen molar-refractivity contribution in [3.63, 3.8) is 0 Å². The summed E-state index contributed by atoms with van der Waals surface area (Å²) in [6.07, 6.45) is 5.02. The maximum absolute atomic E-state index is 12.2. The van der Waals surface area contributed by atoms with Crippen molar-refractivity contribution in [3.8, 4) is 0 Å². The Balaban J connectivity index is 1.47. The molecule has 2 amide bonds. The fourth-order valence-electron chi connectivity index (χ4n) is 3.33. The molecule has 25 heavy (non-hydrogen) atoms. The lowest BCUT2D eigenvalue weighted by atomic mass is 10.1. The van der Waals surface area contributed by atoms with Crippen LogP contribution in [0.2, 0.25) is 0 Å². The zero-order chi connectivity index (χ0) is 17.5. The summed E-state index contributed by atoms with van der Waals surface area (Å²) < 4.78 is 5.25.